The molecule has 0 aliphatic heterocycles. The summed E-state index contributed by atoms with van der Waals surface area (Å²) in [6.45, 7) is 6.92. The predicted molar refractivity (Wildman–Crippen MR) is 87.0 cm³/mol. The number of hydrogen-bond acceptors (Lipinski definition) is 6. The van der Waals surface area contributed by atoms with Gasteiger partial charge < -0.3 is 14.8 Å². The summed E-state index contributed by atoms with van der Waals surface area (Å²) < 4.78 is 36.3. The summed E-state index contributed by atoms with van der Waals surface area (Å²) in [5.41, 5.74) is -0.720. The number of methoxy groups -OCH3 is 1. The Hall–Kier alpha value is -1.64. The maximum atomic E-state index is 11.7. The van der Waals surface area contributed by atoms with Crippen LogP contribution in [-0.2, 0) is 24.3 Å². The second-order valence-corrected chi connectivity index (χ2v) is 7.67. The van der Waals surface area contributed by atoms with Crippen LogP contribution >= 0.6 is 0 Å². The van der Waals surface area contributed by atoms with Gasteiger partial charge in [-0.1, -0.05) is 13.3 Å². The average molecular weight is 350 g/mol. The number of ether oxygens (including phenoxy) is 2. The molecule has 1 N–H and O–H groups in total. The molecule has 0 saturated carbocycles. The van der Waals surface area contributed by atoms with Crippen LogP contribution in [0.2, 0.25) is 0 Å². The number of rotatable bonds is 8. The van der Waals surface area contributed by atoms with Gasteiger partial charge in [-0.3, -0.25) is 0 Å². The lowest BCUT2D eigenvalue weighted by molar-refractivity contribution is -0.142. The number of carbonyl (C=O) groups is 2. The molecular weight excluding hydrogens is 324 g/mol. The van der Waals surface area contributed by atoms with Crippen molar-refractivity contribution < 1.29 is 27.5 Å². The summed E-state index contributed by atoms with van der Waals surface area (Å²) in [4.78, 5) is 23.3. The number of carbonyl (C=O) groups excluding carboxylic acids is 2. The van der Waals surface area contributed by atoms with E-state index in [2.05, 4.69) is 14.5 Å². The summed E-state index contributed by atoms with van der Waals surface area (Å²) in [7, 11) is -2.39. The Bertz CT molecular complexity index is 522. The normalized spacial score (nSPS) is 13.6. The summed E-state index contributed by atoms with van der Waals surface area (Å²) in [6.07, 6.45) is 1.42. The van der Waals surface area contributed by atoms with Gasteiger partial charge >= 0.3 is 12.1 Å². The lowest BCUT2D eigenvalue weighted by atomic mass is 10.2. The van der Waals surface area contributed by atoms with Gasteiger partial charge in [0.25, 0.3) is 10.0 Å². The molecular formula is C14H26N2O6S. The van der Waals surface area contributed by atoms with Gasteiger partial charge in [-0.15, -0.1) is 0 Å². The van der Waals surface area contributed by atoms with E-state index in [0.717, 1.165) is 12.6 Å². The molecule has 0 aromatic rings. The van der Waals surface area contributed by atoms with Crippen LogP contribution in [0.5, 0.6) is 0 Å². The number of hydrogen-bond donors (Lipinski definition) is 1. The van der Waals surface area contributed by atoms with Crippen molar-refractivity contribution in [1.82, 2.24) is 5.32 Å². The third-order valence-electron chi connectivity index (χ3n) is 2.51. The molecule has 0 aromatic carbocycles. The standard InChI is InChI=1S/C14H26N2O6S/c1-6-7-10-23(19,20)15-9-8-11(12(17)21-5)16-13(18)22-14(2,3)4/h9,11H,6-8,10H2,1-5H3,(H,16,18)/t11-/m0/s1. The van der Waals surface area contributed by atoms with Crippen LogP contribution in [0.25, 0.3) is 0 Å². The monoisotopic (exact) mass is 350 g/mol. The summed E-state index contributed by atoms with van der Waals surface area (Å²) in [5, 5.41) is 2.33. The van der Waals surface area contributed by atoms with Crippen molar-refractivity contribution in [2.75, 3.05) is 12.9 Å². The maximum absolute atomic E-state index is 11.7. The van der Waals surface area contributed by atoms with Gasteiger partial charge in [0.1, 0.15) is 11.6 Å². The van der Waals surface area contributed by atoms with Crippen molar-refractivity contribution in [2.24, 2.45) is 4.40 Å². The molecule has 0 aromatic heterocycles. The maximum Gasteiger partial charge on any atom is 0.408 e. The number of alkyl carbamates (subject to hydrolysis) is 1. The molecule has 0 radical (unpaired) electrons. The first-order valence-corrected chi connectivity index (χ1v) is 8.95. The first-order valence-electron chi connectivity index (χ1n) is 7.34. The van der Waals surface area contributed by atoms with Gasteiger partial charge in [-0.2, -0.15) is 4.40 Å². The summed E-state index contributed by atoms with van der Waals surface area (Å²) >= 11 is 0. The van der Waals surface area contributed by atoms with Crippen molar-refractivity contribution in [3.05, 3.63) is 0 Å². The first-order chi connectivity index (χ1) is 10.5. The smallest absolute Gasteiger partial charge is 0.408 e. The fourth-order valence-electron chi connectivity index (χ4n) is 1.45. The van der Waals surface area contributed by atoms with Crippen LogP contribution in [0.3, 0.4) is 0 Å². The van der Waals surface area contributed by atoms with Crippen LogP contribution in [0, 0.1) is 0 Å². The molecule has 134 valence electrons. The molecule has 0 saturated heterocycles. The van der Waals surface area contributed by atoms with Gasteiger partial charge in [0.15, 0.2) is 0 Å². The zero-order valence-electron chi connectivity index (χ0n) is 14.3. The van der Waals surface area contributed by atoms with Crippen molar-refractivity contribution in [2.45, 2.75) is 58.6 Å². The van der Waals surface area contributed by atoms with E-state index in [-0.39, 0.29) is 12.2 Å². The molecule has 1 amide bonds. The van der Waals surface area contributed by atoms with E-state index >= 15 is 0 Å². The average Bonchev–Trinajstić information content (AvgIpc) is 2.41. The van der Waals surface area contributed by atoms with Crippen LogP contribution in [0.4, 0.5) is 4.79 Å². The zero-order chi connectivity index (χ0) is 18.1. The van der Waals surface area contributed by atoms with Gasteiger partial charge in [0, 0.05) is 12.6 Å². The molecule has 0 heterocycles. The van der Waals surface area contributed by atoms with E-state index in [1.54, 1.807) is 20.8 Å². The minimum atomic E-state index is -3.56. The molecule has 9 heteroatoms. The third-order valence-corrected chi connectivity index (χ3v) is 3.78. The molecule has 0 fully saturated rings. The van der Waals surface area contributed by atoms with Crippen LogP contribution in [0.15, 0.2) is 4.40 Å². The minimum absolute atomic E-state index is 0.0532. The number of amides is 1. The molecule has 0 aliphatic carbocycles. The van der Waals surface area contributed by atoms with Gasteiger partial charge in [0.2, 0.25) is 0 Å². The Morgan fingerprint density at radius 1 is 1.30 bits per heavy atom. The Morgan fingerprint density at radius 2 is 1.91 bits per heavy atom. The van der Waals surface area contributed by atoms with Crippen LogP contribution in [0.1, 0.15) is 47.0 Å². The largest absolute Gasteiger partial charge is 0.467 e. The van der Waals surface area contributed by atoms with Crippen molar-refractivity contribution >= 4 is 28.3 Å². The van der Waals surface area contributed by atoms with Crippen molar-refractivity contribution in [3.8, 4) is 0 Å². The molecule has 23 heavy (non-hydrogen) atoms. The molecule has 1 atom stereocenters. The van der Waals surface area contributed by atoms with Crippen LogP contribution < -0.4 is 5.32 Å². The quantitative estimate of drug-likeness (QED) is 0.526. The highest BCUT2D eigenvalue weighted by Crippen LogP contribution is 2.07. The topological polar surface area (TPSA) is 111 Å². The fraction of sp³-hybridized carbons (Fsp3) is 0.786. The van der Waals surface area contributed by atoms with Gasteiger partial charge in [0.05, 0.1) is 12.9 Å². The number of nitrogens with one attached hydrogen (secondary N) is 1. The van der Waals surface area contributed by atoms with E-state index in [9.17, 15) is 18.0 Å². The van der Waals surface area contributed by atoms with E-state index in [1.165, 1.54) is 7.11 Å². The van der Waals surface area contributed by atoms with E-state index < -0.39 is 33.7 Å². The molecule has 0 unspecified atom stereocenters. The molecule has 8 nitrogen and oxygen atoms in total. The van der Waals surface area contributed by atoms with Crippen LogP contribution in [-0.4, -0.2) is 51.2 Å². The Morgan fingerprint density at radius 3 is 2.39 bits per heavy atom. The Labute approximate surface area is 137 Å². The highest BCUT2D eigenvalue weighted by atomic mass is 32.2. The molecule has 0 spiro atoms. The SMILES string of the molecule is CCCCS(=O)(=O)N=CC[C@H](NC(=O)OC(C)(C)C)C(=O)OC. The number of sulfonamides is 1. The first kappa shape index (κ1) is 21.4. The zero-order valence-corrected chi connectivity index (χ0v) is 15.1. The van der Waals surface area contributed by atoms with Gasteiger partial charge in [-0.25, -0.2) is 18.0 Å². The Kier molecular flexibility index (Phi) is 8.81. The summed E-state index contributed by atoms with van der Waals surface area (Å²) in [5.74, 6) is -0.768. The minimum Gasteiger partial charge on any atom is -0.467 e. The van der Waals surface area contributed by atoms with Crippen molar-refractivity contribution in [1.29, 1.82) is 0 Å². The number of nitrogens with zero attached hydrogens (tertiary/aromatic N) is 1. The van der Waals surface area contributed by atoms with Gasteiger partial charge in [-0.05, 0) is 27.2 Å². The number of esters is 1. The molecule has 0 rings (SSSR count). The van der Waals surface area contributed by atoms with E-state index in [1.807, 2.05) is 6.92 Å². The molecule has 0 bridgehead atoms. The third kappa shape index (κ3) is 10.7. The number of unbranched alkanes of at least 4 members (excludes halogenated alkanes) is 1. The van der Waals surface area contributed by atoms with E-state index in [4.69, 9.17) is 4.74 Å². The Balaban J connectivity index is 4.76. The predicted octanol–water partition coefficient (Wildman–Crippen LogP) is 1.64. The second-order valence-electron chi connectivity index (χ2n) is 5.89. The van der Waals surface area contributed by atoms with E-state index in [0.29, 0.717) is 6.42 Å². The fourth-order valence-corrected chi connectivity index (χ4v) is 2.52. The summed E-state index contributed by atoms with van der Waals surface area (Å²) in [6, 6.07) is -1.07. The second kappa shape index (κ2) is 9.49. The highest BCUT2D eigenvalue weighted by molar-refractivity contribution is 7.90. The molecule has 0 aliphatic rings. The highest BCUT2D eigenvalue weighted by Gasteiger charge is 2.24. The van der Waals surface area contributed by atoms with Crippen molar-refractivity contribution in [3.63, 3.8) is 0 Å². The lowest BCUT2D eigenvalue weighted by Crippen LogP contribution is -2.44. The lowest BCUT2D eigenvalue weighted by Gasteiger charge is -2.22.